The molecule has 4 nitrogen and oxygen atoms in total. The fourth-order valence-corrected chi connectivity index (χ4v) is 1.94. The smallest absolute Gasteiger partial charge is 0.263 e. The van der Waals surface area contributed by atoms with Crippen molar-refractivity contribution in [3.8, 4) is 0 Å². The van der Waals surface area contributed by atoms with E-state index in [-0.39, 0.29) is 24.2 Å². The van der Waals surface area contributed by atoms with E-state index in [0.717, 1.165) is 0 Å². The monoisotopic (exact) mass is 248 g/mol. The van der Waals surface area contributed by atoms with Gasteiger partial charge in [0.05, 0.1) is 11.3 Å². The number of nitrogens with zero attached hydrogens (tertiary/aromatic N) is 2. The molecule has 2 aliphatic heterocycles. The van der Waals surface area contributed by atoms with E-state index in [2.05, 4.69) is 4.99 Å². The summed E-state index contributed by atoms with van der Waals surface area (Å²) in [5, 5.41) is 0. The lowest BCUT2D eigenvalue weighted by atomic mass is 10.1. The van der Waals surface area contributed by atoms with Gasteiger partial charge in [0, 0.05) is 12.4 Å². The van der Waals surface area contributed by atoms with E-state index in [4.69, 9.17) is 0 Å². The Kier molecular flexibility index (Phi) is 2.81. The quantitative estimate of drug-likeness (QED) is 0.709. The topological polar surface area (TPSA) is 49.7 Å². The van der Waals surface area contributed by atoms with E-state index in [1.165, 1.54) is 17.3 Å². The highest BCUT2D eigenvalue weighted by Gasteiger charge is 2.44. The number of halogens is 1. The van der Waals surface area contributed by atoms with Gasteiger partial charge < -0.3 is 0 Å². The van der Waals surface area contributed by atoms with Crippen molar-refractivity contribution in [2.75, 3.05) is 4.90 Å². The molecule has 0 bridgehead atoms. The SMILES string of the molecule is Cl.O=C1C2=CN=CC2C(=O)N1c1ccccc1. The van der Waals surface area contributed by atoms with Crippen molar-refractivity contribution in [3.63, 3.8) is 0 Å². The minimum absolute atomic E-state index is 0. The molecule has 2 amide bonds. The predicted octanol–water partition coefficient (Wildman–Crippen LogP) is 1.57. The van der Waals surface area contributed by atoms with Crippen molar-refractivity contribution >= 4 is 36.1 Å². The summed E-state index contributed by atoms with van der Waals surface area (Å²) in [5.41, 5.74) is 1.08. The lowest BCUT2D eigenvalue weighted by molar-refractivity contribution is -0.121. The van der Waals surface area contributed by atoms with Crippen LogP contribution in [0.15, 0.2) is 47.1 Å². The van der Waals surface area contributed by atoms with Gasteiger partial charge in [0.25, 0.3) is 5.91 Å². The third-order valence-electron chi connectivity index (χ3n) is 2.73. The first-order valence-corrected chi connectivity index (χ1v) is 4.96. The number of benzene rings is 1. The molecule has 0 aliphatic carbocycles. The van der Waals surface area contributed by atoms with Crippen LogP contribution in [0, 0.1) is 5.92 Å². The van der Waals surface area contributed by atoms with Crippen LogP contribution in [0.25, 0.3) is 0 Å². The van der Waals surface area contributed by atoms with Crippen molar-refractivity contribution in [1.82, 2.24) is 0 Å². The van der Waals surface area contributed by atoms with Crippen LogP contribution in [0.2, 0.25) is 0 Å². The van der Waals surface area contributed by atoms with Crippen molar-refractivity contribution in [2.24, 2.45) is 10.9 Å². The molecule has 1 aromatic carbocycles. The number of hydrogen-bond donors (Lipinski definition) is 0. The van der Waals surface area contributed by atoms with E-state index in [0.29, 0.717) is 11.3 Å². The van der Waals surface area contributed by atoms with Crippen LogP contribution in [0.1, 0.15) is 0 Å². The first-order valence-electron chi connectivity index (χ1n) is 4.96. The van der Waals surface area contributed by atoms with Crippen LogP contribution in [-0.4, -0.2) is 18.0 Å². The Balaban J connectivity index is 0.00000108. The van der Waals surface area contributed by atoms with E-state index in [9.17, 15) is 9.59 Å². The number of carbonyl (C=O) groups is 2. The summed E-state index contributed by atoms with van der Waals surface area (Å²) in [6.45, 7) is 0. The summed E-state index contributed by atoms with van der Waals surface area (Å²) in [7, 11) is 0. The number of rotatable bonds is 1. The van der Waals surface area contributed by atoms with Gasteiger partial charge in [-0.25, -0.2) is 4.90 Å². The fourth-order valence-electron chi connectivity index (χ4n) is 1.94. The zero-order chi connectivity index (χ0) is 11.1. The number of fused-ring (bicyclic) bond motifs is 1. The number of anilines is 1. The highest BCUT2D eigenvalue weighted by molar-refractivity contribution is 6.33. The summed E-state index contributed by atoms with van der Waals surface area (Å²) in [6, 6.07) is 8.93. The average Bonchev–Trinajstić information content (AvgIpc) is 2.86. The fraction of sp³-hybridized carbons (Fsp3) is 0.0833. The molecule has 0 radical (unpaired) electrons. The van der Waals surface area contributed by atoms with Gasteiger partial charge in [0.15, 0.2) is 0 Å². The van der Waals surface area contributed by atoms with Gasteiger partial charge in [-0.3, -0.25) is 14.6 Å². The maximum absolute atomic E-state index is 12.0. The molecule has 1 unspecified atom stereocenters. The number of hydrogen-bond acceptors (Lipinski definition) is 3. The van der Waals surface area contributed by atoms with E-state index >= 15 is 0 Å². The van der Waals surface area contributed by atoms with E-state index in [1.807, 2.05) is 6.07 Å². The summed E-state index contributed by atoms with van der Waals surface area (Å²) in [5.74, 6) is -0.963. The van der Waals surface area contributed by atoms with Crippen LogP contribution in [0.5, 0.6) is 0 Å². The maximum atomic E-state index is 12.0. The Hall–Kier alpha value is -1.94. The number of para-hydroxylation sites is 1. The molecule has 0 aromatic heterocycles. The van der Waals surface area contributed by atoms with Crippen LogP contribution in [0.3, 0.4) is 0 Å². The summed E-state index contributed by atoms with van der Waals surface area (Å²) in [6.07, 6.45) is 2.98. The lowest BCUT2D eigenvalue weighted by Crippen LogP contribution is -2.30. The van der Waals surface area contributed by atoms with Crippen molar-refractivity contribution in [3.05, 3.63) is 42.1 Å². The van der Waals surface area contributed by atoms with Crippen LogP contribution in [-0.2, 0) is 9.59 Å². The second-order valence-electron chi connectivity index (χ2n) is 3.67. The predicted molar refractivity (Wildman–Crippen MR) is 66.2 cm³/mol. The summed E-state index contributed by atoms with van der Waals surface area (Å²) >= 11 is 0. The van der Waals surface area contributed by atoms with Gasteiger partial charge >= 0.3 is 0 Å². The molecule has 5 heteroatoms. The van der Waals surface area contributed by atoms with E-state index in [1.54, 1.807) is 24.3 Å². The normalized spacial score (nSPS) is 21.3. The Morgan fingerprint density at radius 3 is 2.47 bits per heavy atom. The summed E-state index contributed by atoms with van der Waals surface area (Å²) < 4.78 is 0. The average molecular weight is 249 g/mol. The van der Waals surface area contributed by atoms with Crippen molar-refractivity contribution in [1.29, 1.82) is 0 Å². The number of imide groups is 1. The zero-order valence-electron chi connectivity index (χ0n) is 8.74. The number of aliphatic imine (C=N–C) groups is 1. The molecule has 3 rings (SSSR count). The van der Waals surface area contributed by atoms with Crippen LogP contribution in [0.4, 0.5) is 5.69 Å². The molecule has 1 fully saturated rings. The minimum atomic E-state index is -0.479. The molecule has 2 heterocycles. The van der Waals surface area contributed by atoms with Gasteiger partial charge in [-0.15, -0.1) is 12.4 Å². The highest BCUT2D eigenvalue weighted by Crippen LogP contribution is 2.31. The molecular weight excluding hydrogens is 240 g/mol. The molecule has 0 saturated carbocycles. The Bertz CT molecular complexity index is 537. The van der Waals surface area contributed by atoms with Gasteiger partial charge in [-0.2, -0.15) is 0 Å². The molecule has 17 heavy (non-hydrogen) atoms. The Morgan fingerprint density at radius 2 is 1.82 bits per heavy atom. The van der Waals surface area contributed by atoms with Gasteiger partial charge in [-0.1, -0.05) is 18.2 Å². The molecule has 1 saturated heterocycles. The molecule has 86 valence electrons. The third kappa shape index (κ3) is 1.57. The van der Waals surface area contributed by atoms with E-state index < -0.39 is 5.92 Å². The molecule has 1 atom stereocenters. The molecular formula is C12H9ClN2O2. The first kappa shape index (κ1) is 11.5. The highest BCUT2D eigenvalue weighted by atomic mass is 35.5. The second-order valence-corrected chi connectivity index (χ2v) is 3.67. The Morgan fingerprint density at radius 1 is 1.12 bits per heavy atom. The minimum Gasteiger partial charge on any atom is -0.273 e. The van der Waals surface area contributed by atoms with Gasteiger partial charge in [0.2, 0.25) is 5.91 Å². The largest absolute Gasteiger partial charge is 0.273 e. The summed E-state index contributed by atoms with van der Waals surface area (Å²) in [4.78, 5) is 29.0. The van der Waals surface area contributed by atoms with Crippen LogP contribution < -0.4 is 4.90 Å². The zero-order valence-corrected chi connectivity index (χ0v) is 9.55. The maximum Gasteiger partial charge on any atom is 0.263 e. The van der Waals surface area contributed by atoms with Crippen molar-refractivity contribution < 1.29 is 9.59 Å². The van der Waals surface area contributed by atoms with Crippen LogP contribution >= 0.6 is 12.4 Å². The third-order valence-corrected chi connectivity index (χ3v) is 2.73. The molecule has 0 N–H and O–H groups in total. The lowest BCUT2D eigenvalue weighted by Gasteiger charge is -2.13. The number of carbonyl (C=O) groups excluding carboxylic acids is 2. The Labute approximate surface area is 104 Å². The molecule has 2 aliphatic rings. The molecule has 1 aromatic rings. The number of amides is 2. The van der Waals surface area contributed by atoms with Crippen molar-refractivity contribution in [2.45, 2.75) is 0 Å². The second kappa shape index (κ2) is 4.14. The molecule has 0 spiro atoms. The van der Waals surface area contributed by atoms with Gasteiger partial charge in [-0.05, 0) is 12.1 Å². The first-order chi connectivity index (χ1) is 7.79. The standard InChI is InChI=1S/C12H8N2O2.ClH/c15-11-9-6-13-7-10(9)12(16)14(11)8-4-2-1-3-5-8;/h1-7,9H;1H. The van der Waals surface area contributed by atoms with Gasteiger partial charge in [0.1, 0.15) is 5.92 Å².